The Labute approximate surface area is 189 Å². The van der Waals surface area contributed by atoms with Crippen molar-refractivity contribution in [1.82, 2.24) is 10.2 Å². The van der Waals surface area contributed by atoms with Gasteiger partial charge in [-0.05, 0) is 30.9 Å². The molecule has 1 aliphatic heterocycles. The number of hydrogen-bond acceptors (Lipinski definition) is 7. The van der Waals surface area contributed by atoms with E-state index in [1.807, 2.05) is 6.92 Å². The minimum absolute atomic E-state index is 0.134. The number of thioether (sulfide) groups is 1. The van der Waals surface area contributed by atoms with Crippen LogP contribution in [0.4, 0.5) is 0 Å². The largest absolute Gasteiger partial charge is 0.446 e. The molecule has 0 radical (unpaired) electrons. The van der Waals surface area contributed by atoms with E-state index in [1.165, 1.54) is 10.5 Å². The number of aliphatic hydroxyl groups excluding tert-OH is 3. The third-order valence-electron chi connectivity index (χ3n) is 4.37. The molecule has 1 aromatic heterocycles. The Balaban J connectivity index is 0.00000138. The summed E-state index contributed by atoms with van der Waals surface area (Å²) in [5.74, 6) is 0.488. The molecule has 2 heterocycles. The first-order valence-electron chi connectivity index (χ1n) is 9.48. The minimum Gasteiger partial charge on any atom is -0.446 e. The van der Waals surface area contributed by atoms with Gasteiger partial charge in [-0.3, -0.25) is 5.10 Å². The van der Waals surface area contributed by atoms with Gasteiger partial charge in [0.05, 0.1) is 18.8 Å². The van der Waals surface area contributed by atoms with Gasteiger partial charge in [-0.15, -0.1) is 42.6 Å². The third-order valence-corrected chi connectivity index (χ3v) is 5.11. The monoisotopic (exact) mass is 448 g/mol. The predicted molar refractivity (Wildman–Crippen MR) is 124 cm³/mol. The number of benzene rings is 1. The molecule has 0 saturated carbocycles. The van der Waals surface area contributed by atoms with E-state index in [9.17, 15) is 10.2 Å². The van der Waals surface area contributed by atoms with E-state index in [2.05, 4.69) is 66.4 Å². The van der Waals surface area contributed by atoms with Crippen LogP contribution in [0.1, 0.15) is 29.7 Å². The fourth-order valence-corrected chi connectivity index (χ4v) is 3.36. The van der Waals surface area contributed by atoms with Gasteiger partial charge < -0.3 is 24.8 Å². The molecular weight excluding hydrogens is 416 g/mol. The number of nitrogens with one attached hydrogen (secondary N) is 1. The number of hydrogen-bond donors (Lipinski definition) is 4. The van der Waals surface area contributed by atoms with Gasteiger partial charge in [0.1, 0.15) is 0 Å². The summed E-state index contributed by atoms with van der Waals surface area (Å²) in [6, 6.07) is 8.40. The van der Waals surface area contributed by atoms with E-state index in [0.717, 1.165) is 18.4 Å². The Morgan fingerprint density at radius 2 is 1.77 bits per heavy atom. The highest BCUT2D eigenvalue weighted by molar-refractivity contribution is 7.98. The molecule has 3 atom stereocenters. The predicted octanol–water partition coefficient (Wildman–Crippen LogP) is 2.38. The molecule has 4 N–H and O–H groups in total. The fraction of sp³-hybridized carbons (Fsp3) is 0.435. The van der Waals surface area contributed by atoms with Crippen molar-refractivity contribution in [3.05, 3.63) is 41.1 Å². The summed E-state index contributed by atoms with van der Waals surface area (Å²) in [4.78, 5) is 1.23. The van der Waals surface area contributed by atoms with E-state index >= 15 is 0 Å². The van der Waals surface area contributed by atoms with Gasteiger partial charge in [-0.25, -0.2) is 0 Å². The Morgan fingerprint density at radius 1 is 1.16 bits per heavy atom. The number of rotatable bonds is 6. The highest BCUT2D eigenvalue weighted by atomic mass is 32.2. The molecule has 8 heteroatoms. The molecule has 3 rings (SSSR count). The first-order valence-corrected chi connectivity index (χ1v) is 10.7. The smallest absolute Gasteiger partial charge is 0.238 e. The van der Waals surface area contributed by atoms with Crippen molar-refractivity contribution >= 4 is 11.8 Å². The van der Waals surface area contributed by atoms with Crippen molar-refractivity contribution < 1.29 is 24.8 Å². The van der Waals surface area contributed by atoms with Crippen LogP contribution in [0, 0.1) is 32.6 Å². The molecule has 0 bridgehead atoms. The maximum Gasteiger partial charge on any atom is 0.238 e. The van der Waals surface area contributed by atoms with Crippen molar-refractivity contribution in [2.24, 2.45) is 0 Å². The van der Waals surface area contributed by atoms with Gasteiger partial charge in [-0.1, -0.05) is 12.1 Å². The Kier molecular flexibility index (Phi) is 15.0. The Morgan fingerprint density at radius 3 is 2.32 bits per heavy atom. The summed E-state index contributed by atoms with van der Waals surface area (Å²) >= 11 is 1.71. The summed E-state index contributed by atoms with van der Waals surface area (Å²) < 4.78 is 11.6. The molecule has 1 fully saturated rings. The van der Waals surface area contributed by atoms with E-state index < -0.39 is 18.5 Å². The minimum atomic E-state index is -0.610. The van der Waals surface area contributed by atoms with Crippen LogP contribution < -0.4 is 4.74 Å². The lowest BCUT2D eigenvalue weighted by atomic mass is 10.0. The number of nitrogens with zero attached hydrogens (tertiary/aromatic N) is 1. The molecule has 1 aliphatic rings. The normalized spacial score (nSPS) is 19.4. The SMILES string of the molecule is C#C.C#C.CO.CSc1ccc(Cc2c(O[C@H]3C[C@@H](O)C[C@@H](CO)O3)n[nH]c2C)cc1. The highest BCUT2D eigenvalue weighted by Gasteiger charge is 2.30. The number of aromatic nitrogens is 2. The maximum atomic E-state index is 9.92. The summed E-state index contributed by atoms with van der Waals surface area (Å²) in [7, 11) is 1.00. The van der Waals surface area contributed by atoms with Gasteiger partial charge in [0, 0.05) is 42.5 Å². The van der Waals surface area contributed by atoms with Gasteiger partial charge in [0.2, 0.25) is 12.2 Å². The van der Waals surface area contributed by atoms with Crippen LogP contribution in [0.25, 0.3) is 0 Å². The second-order valence-electron chi connectivity index (χ2n) is 6.27. The third kappa shape index (κ3) is 9.06. The number of H-pyrrole nitrogens is 1. The number of ether oxygens (including phenoxy) is 2. The zero-order valence-electron chi connectivity index (χ0n) is 18.2. The number of terminal acetylenes is 2. The van der Waals surface area contributed by atoms with Gasteiger partial charge in [0.25, 0.3) is 0 Å². The Bertz CT molecular complexity index is 767. The second-order valence-corrected chi connectivity index (χ2v) is 7.15. The maximum absolute atomic E-state index is 9.92. The number of aliphatic hydroxyl groups is 3. The van der Waals surface area contributed by atoms with Crippen LogP contribution in [-0.2, 0) is 11.2 Å². The molecule has 7 nitrogen and oxygen atoms in total. The second kappa shape index (κ2) is 16.3. The van der Waals surface area contributed by atoms with Gasteiger partial charge in [-0.2, -0.15) is 0 Å². The quantitative estimate of drug-likeness (QED) is 0.397. The van der Waals surface area contributed by atoms with Crippen LogP contribution in [0.5, 0.6) is 5.88 Å². The number of aromatic amines is 1. The average Bonchev–Trinajstić information content (AvgIpc) is 3.16. The summed E-state index contributed by atoms with van der Waals surface area (Å²) in [6.45, 7) is 1.82. The molecule has 1 aromatic carbocycles. The van der Waals surface area contributed by atoms with Crippen LogP contribution in [-0.4, -0.2) is 64.0 Å². The summed E-state index contributed by atoms with van der Waals surface area (Å²) in [5.41, 5.74) is 3.09. The first kappa shape index (κ1) is 28.5. The van der Waals surface area contributed by atoms with Crippen LogP contribution in [0.15, 0.2) is 29.2 Å². The van der Waals surface area contributed by atoms with Crippen molar-refractivity contribution in [1.29, 1.82) is 0 Å². The van der Waals surface area contributed by atoms with Crippen molar-refractivity contribution in [3.63, 3.8) is 0 Å². The zero-order chi connectivity index (χ0) is 23.8. The average molecular weight is 449 g/mol. The molecule has 2 aromatic rings. The molecule has 0 spiro atoms. The lowest BCUT2D eigenvalue weighted by molar-refractivity contribution is -0.185. The standard InChI is InChI=1S/C18H24N2O4S.2C2H2.CH4O/c1-11-16(7-12-3-5-15(25-2)6-4-12)18(20-19-11)24-17-9-13(22)8-14(10-21)23-17;3*1-2/h3-6,13-14,17,21-22H,7-10H2,1-2H3,(H,19,20);2*1-2H;2H,1H3/t13-,14-,17-;;;/m0.../s1. The molecule has 0 aliphatic carbocycles. The molecular formula is C23H32N2O5S. The summed E-state index contributed by atoms with van der Waals surface area (Å²) in [5, 5.41) is 33.4. The molecule has 1 saturated heterocycles. The van der Waals surface area contributed by atoms with E-state index in [1.54, 1.807) is 11.8 Å². The zero-order valence-corrected chi connectivity index (χ0v) is 19.0. The van der Waals surface area contributed by atoms with Crippen molar-refractivity contribution in [2.75, 3.05) is 20.0 Å². The fourth-order valence-electron chi connectivity index (χ4n) is 2.95. The van der Waals surface area contributed by atoms with Gasteiger partial charge in [0.15, 0.2) is 0 Å². The Hall–Kier alpha value is -2.46. The van der Waals surface area contributed by atoms with Gasteiger partial charge >= 0.3 is 0 Å². The lowest BCUT2D eigenvalue weighted by Gasteiger charge is -2.31. The van der Waals surface area contributed by atoms with E-state index in [-0.39, 0.29) is 6.61 Å². The topological polar surface area (TPSA) is 108 Å². The van der Waals surface area contributed by atoms with E-state index in [4.69, 9.17) is 14.6 Å². The molecule has 0 amide bonds. The highest BCUT2D eigenvalue weighted by Crippen LogP contribution is 2.27. The summed E-state index contributed by atoms with van der Waals surface area (Å²) in [6.07, 6.45) is 18.0. The van der Waals surface area contributed by atoms with E-state index in [0.29, 0.717) is 25.1 Å². The molecule has 0 unspecified atom stereocenters. The lowest BCUT2D eigenvalue weighted by Crippen LogP contribution is -2.40. The molecule has 170 valence electrons. The number of aryl methyl sites for hydroxylation is 1. The molecule has 31 heavy (non-hydrogen) atoms. The van der Waals surface area contributed by atoms with Crippen LogP contribution >= 0.6 is 11.8 Å². The first-order chi connectivity index (χ1) is 15.1. The van der Waals surface area contributed by atoms with Crippen LogP contribution in [0.3, 0.4) is 0 Å². The van der Waals surface area contributed by atoms with Crippen molar-refractivity contribution in [2.45, 2.75) is 49.6 Å². The van der Waals surface area contributed by atoms with Crippen LogP contribution in [0.2, 0.25) is 0 Å². The van der Waals surface area contributed by atoms with Crippen molar-refractivity contribution in [3.8, 4) is 31.6 Å².